The van der Waals surface area contributed by atoms with Crippen molar-refractivity contribution in [1.82, 2.24) is 0 Å². The van der Waals surface area contributed by atoms with Crippen LogP contribution in [0.15, 0.2) is 36.4 Å². The Morgan fingerprint density at radius 1 is 0.917 bits per heavy atom. The standard InChI is InChI=1S/C21H26N2S/c1-3-15-10-7-11-16(4-2)20(15)23-21(24)22-19-14-8-12-17-9-5-6-13-18(17)19/h7-8,10-12,14H,3-6,9,13H2,1-2H3,(H2,22,23,24). The summed E-state index contributed by atoms with van der Waals surface area (Å²) in [6.07, 6.45) is 6.89. The van der Waals surface area contributed by atoms with E-state index in [9.17, 15) is 0 Å². The van der Waals surface area contributed by atoms with Gasteiger partial charge in [0.05, 0.1) is 0 Å². The number of fused-ring (bicyclic) bond motifs is 1. The second kappa shape index (κ2) is 7.80. The number of rotatable bonds is 4. The Morgan fingerprint density at radius 2 is 1.58 bits per heavy atom. The lowest BCUT2D eigenvalue weighted by Gasteiger charge is -2.22. The molecule has 2 nitrogen and oxygen atoms in total. The molecule has 1 aliphatic rings. The van der Waals surface area contributed by atoms with E-state index in [1.54, 1.807) is 0 Å². The van der Waals surface area contributed by atoms with E-state index in [0.717, 1.165) is 24.9 Å². The first-order chi connectivity index (χ1) is 11.7. The van der Waals surface area contributed by atoms with E-state index in [4.69, 9.17) is 12.2 Å². The maximum absolute atomic E-state index is 5.62. The van der Waals surface area contributed by atoms with Gasteiger partial charge in [-0.3, -0.25) is 0 Å². The highest BCUT2D eigenvalue weighted by atomic mass is 32.1. The lowest BCUT2D eigenvalue weighted by molar-refractivity contribution is 0.687. The molecule has 0 aliphatic heterocycles. The number of hydrogen-bond donors (Lipinski definition) is 2. The Bertz CT molecular complexity index is 714. The van der Waals surface area contributed by atoms with Crippen LogP contribution in [0.5, 0.6) is 0 Å². The zero-order chi connectivity index (χ0) is 16.9. The molecule has 2 aromatic carbocycles. The van der Waals surface area contributed by atoms with E-state index in [1.165, 1.54) is 47.2 Å². The second-order valence-corrected chi connectivity index (χ2v) is 6.80. The molecular weight excluding hydrogens is 312 g/mol. The van der Waals surface area contributed by atoms with Gasteiger partial charge in [0, 0.05) is 11.4 Å². The highest BCUT2D eigenvalue weighted by Gasteiger charge is 2.14. The zero-order valence-corrected chi connectivity index (χ0v) is 15.4. The first-order valence-electron chi connectivity index (χ1n) is 9.02. The minimum Gasteiger partial charge on any atom is -0.332 e. The van der Waals surface area contributed by atoms with Gasteiger partial charge in [-0.15, -0.1) is 0 Å². The molecule has 2 N–H and O–H groups in total. The predicted octanol–water partition coefficient (Wildman–Crippen LogP) is 5.50. The average Bonchev–Trinajstić information content (AvgIpc) is 2.62. The number of anilines is 2. The van der Waals surface area contributed by atoms with Gasteiger partial charge < -0.3 is 10.6 Å². The molecule has 3 rings (SSSR count). The van der Waals surface area contributed by atoms with E-state index in [1.807, 2.05) is 0 Å². The normalized spacial score (nSPS) is 13.2. The lowest BCUT2D eigenvalue weighted by Crippen LogP contribution is -2.22. The Hall–Kier alpha value is -1.87. The van der Waals surface area contributed by atoms with Gasteiger partial charge in [0.15, 0.2) is 5.11 Å². The molecule has 0 heterocycles. The van der Waals surface area contributed by atoms with Crippen LogP contribution in [-0.4, -0.2) is 5.11 Å². The van der Waals surface area contributed by atoms with Gasteiger partial charge in [0.25, 0.3) is 0 Å². The topological polar surface area (TPSA) is 24.1 Å². The number of para-hydroxylation sites is 1. The Kier molecular flexibility index (Phi) is 5.52. The maximum Gasteiger partial charge on any atom is 0.175 e. The quantitative estimate of drug-likeness (QED) is 0.720. The van der Waals surface area contributed by atoms with Gasteiger partial charge in [-0.2, -0.15) is 0 Å². The maximum atomic E-state index is 5.62. The van der Waals surface area contributed by atoms with E-state index < -0.39 is 0 Å². The van der Waals surface area contributed by atoms with Crippen molar-refractivity contribution in [3.05, 3.63) is 58.7 Å². The van der Waals surface area contributed by atoms with Crippen molar-refractivity contribution in [1.29, 1.82) is 0 Å². The fourth-order valence-electron chi connectivity index (χ4n) is 3.57. The largest absolute Gasteiger partial charge is 0.332 e. The Labute approximate surface area is 150 Å². The fraction of sp³-hybridized carbons (Fsp3) is 0.381. The molecule has 0 amide bonds. The molecule has 0 spiro atoms. The third-order valence-electron chi connectivity index (χ3n) is 4.88. The Balaban J connectivity index is 1.80. The van der Waals surface area contributed by atoms with Crippen LogP contribution in [0.1, 0.15) is 48.9 Å². The predicted molar refractivity (Wildman–Crippen MR) is 108 cm³/mol. The highest BCUT2D eigenvalue weighted by molar-refractivity contribution is 7.80. The van der Waals surface area contributed by atoms with Crippen molar-refractivity contribution in [2.24, 2.45) is 0 Å². The molecule has 1 aliphatic carbocycles. The van der Waals surface area contributed by atoms with Crippen LogP contribution in [0.25, 0.3) is 0 Å². The third-order valence-corrected chi connectivity index (χ3v) is 5.09. The number of aryl methyl sites for hydroxylation is 3. The Morgan fingerprint density at radius 3 is 2.29 bits per heavy atom. The molecule has 0 saturated heterocycles. The summed E-state index contributed by atoms with van der Waals surface area (Å²) in [6, 6.07) is 13.0. The van der Waals surface area contributed by atoms with Crippen molar-refractivity contribution >= 4 is 28.7 Å². The van der Waals surface area contributed by atoms with Crippen LogP contribution < -0.4 is 10.6 Å². The molecular formula is C21H26N2S. The summed E-state index contributed by atoms with van der Waals surface area (Å²) in [5.74, 6) is 0. The van der Waals surface area contributed by atoms with Crippen molar-refractivity contribution in [2.45, 2.75) is 52.4 Å². The van der Waals surface area contributed by atoms with Crippen LogP contribution in [0, 0.1) is 0 Å². The van der Waals surface area contributed by atoms with Gasteiger partial charge in [0.1, 0.15) is 0 Å². The van der Waals surface area contributed by atoms with Crippen LogP contribution >= 0.6 is 12.2 Å². The van der Waals surface area contributed by atoms with Crippen LogP contribution in [-0.2, 0) is 25.7 Å². The minimum atomic E-state index is 0.685. The summed E-state index contributed by atoms with van der Waals surface area (Å²) in [6.45, 7) is 4.37. The lowest BCUT2D eigenvalue weighted by atomic mass is 9.90. The van der Waals surface area contributed by atoms with Crippen molar-refractivity contribution in [3.63, 3.8) is 0 Å². The molecule has 0 atom stereocenters. The third kappa shape index (κ3) is 3.62. The summed E-state index contributed by atoms with van der Waals surface area (Å²) < 4.78 is 0. The van der Waals surface area contributed by atoms with Gasteiger partial charge in [-0.25, -0.2) is 0 Å². The van der Waals surface area contributed by atoms with Crippen molar-refractivity contribution < 1.29 is 0 Å². The van der Waals surface area contributed by atoms with Crippen LogP contribution in [0.4, 0.5) is 11.4 Å². The van der Waals surface area contributed by atoms with Crippen LogP contribution in [0.3, 0.4) is 0 Å². The smallest absolute Gasteiger partial charge is 0.175 e. The fourth-order valence-corrected chi connectivity index (χ4v) is 3.78. The number of nitrogens with one attached hydrogen (secondary N) is 2. The molecule has 2 aromatic rings. The van der Waals surface area contributed by atoms with Crippen molar-refractivity contribution in [3.8, 4) is 0 Å². The number of thiocarbonyl (C=S) groups is 1. The highest BCUT2D eigenvalue weighted by Crippen LogP contribution is 2.28. The summed E-state index contributed by atoms with van der Waals surface area (Å²) in [5.41, 5.74) is 7.87. The molecule has 0 aromatic heterocycles. The number of hydrogen-bond acceptors (Lipinski definition) is 1. The summed E-state index contributed by atoms with van der Waals surface area (Å²) in [4.78, 5) is 0. The van der Waals surface area contributed by atoms with Gasteiger partial charge >= 0.3 is 0 Å². The zero-order valence-electron chi connectivity index (χ0n) is 14.6. The SMILES string of the molecule is CCc1cccc(CC)c1NC(=S)Nc1cccc2c1CCCC2. The molecule has 0 radical (unpaired) electrons. The summed E-state index contributed by atoms with van der Waals surface area (Å²) in [5, 5.41) is 7.58. The summed E-state index contributed by atoms with van der Waals surface area (Å²) in [7, 11) is 0. The van der Waals surface area contributed by atoms with Gasteiger partial charge in [-0.1, -0.05) is 44.2 Å². The molecule has 3 heteroatoms. The van der Waals surface area contributed by atoms with Gasteiger partial charge in [-0.05, 0) is 79.1 Å². The first kappa shape index (κ1) is 17.0. The number of benzene rings is 2. The van der Waals surface area contributed by atoms with E-state index in [-0.39, 0.29) is 0 Å². The van der Waals surface area contributed by atoms with Gasteiger partial charge in [0.2, 0.25) is 0 Å². The van der Waals surface area contributed by atoms with Crippen LogP contribution in [0.2, 0.25) is 0 Å². The summed E-state index contributed by atoms with van der Waals surface area (Å²) >= 11 is 5.62. The van der Waals surface area contributed by atoms with E-state index >= 15 is 0 Å². The minimum absolute atomic E-state index is 0.685. The molecule has 0 saturated carbocycles. The molecule has 126 valence electrons. The molecule has 24 heavy (non-hydrogen) atoms. The first-order valence-corrected chi connectivity index (χ1v) is 9.43. The second-order valence-electron chi connectivity index (χ2n) is 6.39. The average molecular weight is 339 g/mol. The van der Waals surface area contributed by atoms with Crippen molar-refractivity contribution in [2.75, 3.05) is 10.6 Å². The monoisotopic (exact) mass is 338 g/mol. The molecule has 0 bridgehead atoms. The molecule has 0 fully saturated rings. The van der Waals surface area contributed by atoms with E-state index in [2.05, 4.69) is 60.9 Å². The van der Waals surface area contributed by atoms with E-state index in [0.29, 0.717) is 5.11 Å². The molecule has 0 unspecified atom stereocenters.